The fraction of sp³-hybridized carbons (Fsp3) is 1.00. The minimum atomic E-state index is -5.43. The molecule has 0 heterocycles. The summed E-state index contributed by atoms with van der Waals surface area (Å²) >= 11 is 0. The Balaban J connectivity index is -0.000000101. The van der Waals surface area contributed by atoms with Gasteiger partial charge in [0.05, 0.1) is 6.67 Å². The molecule has 0 aromatic rings. The molecule has 0 radical (unpaired) electrons. The maximum Gasteiger partial charge on any atom is 0.453 e. The van der Waals surface area contributed by atoms with Crippen molar-refractivity contribution in [2.24, 2.45) is 94.1 Å². The molecule has 720 valence electrons. The number of alkyl halides is 14. The molecule has 2 aliphatic rings. The zero-order chi connectivity index (χ0) is 95.0. The van der Waals surface area contributed by atoms with E-state index in [1.54, 1.807) is 27.9 Å². The molecule has 2 nitrogen and oxygen atoms in total. The van der Waals surface area contributed by atoms with E-state index in [9.17, 15) is 61.5 Å². The maximum atomic E-state index is 12.3. The van der Waals surface area contributed by atoms with Crippen LogP contribution in [0.4, 0.5) is 61.5 Å². The van der Waals surface area contributed by atoms with Gasteiger partial charge in [-0.25, -0.2) is 8.78 Å². The molecule has 16 heteroatoms. The topological polar surface area (TPSA) is 29.5 Å². The zero-order valence-corrected chi connectivity index (χ0v) is 85.5. The fourth-order valence-electron chi connectivity index (χ4n) is 9.90. The van der Waals surface area contributed by atoms with Crippen LogP contribution in [0.3, 0.4) is 0 Å². The SMILES string of the molecule is C.CC(C)(C)CC(F)(F)C(F)(F)F.CC(C)(C)CC1CC1.CC(C)(C)CCC(F)(F)F.CC(C)(C)CCC(F)F.CC(C)(C)CCC1CCC1.CC(C)(C)CCCC(F)(F)F.CC(C)(C)CCCF.CC(C)(C)CCCO.CC(C)CC(C)(C)C.CC(C)CCC(C)(C)C.CCC(C)(C)C.CCCC(C)(C)C.COCCCC(C)(C)C. The summed E-state index contributed by atoms with van der Waals surface area (Å²) in [5, 5.41) is 8.43. The quantitative estimate of drug-likeness (QED) is 0.0972. The molecule has 0 unspecified atom stereocenters. The van der Waals surface area contributed by atoms with Crippen LogP contribution in [0.2, 0.25) is 0 Å². The Morgan fingerprint density at radius 2 is 0.672 bits per heavy atom. The van der Waals surface area contributed by atoms with Crippen LogP contribution in [0.25, 0.3) is 0 Å². The highest BCUT2D eigenvalue weighted by Crippen LogP contribution is 2.44. The van der Waals surface area contributed by atoms with E-state index < -0.39 is 55.6 Å². The number of halogens is 14. The van der Waals surface area contributed by atoms with Gasteiger partial charge >= 0.3 is 24.5 Å². The van der Waals surface area contributed by atoms with Crippen LogP contribution in [0, 0.1) is 94.1 Å². The number of hydrogen-bond donors (Lipinski definition) is 1. The summed E-state index contributed by atoms with van der Waals surface area (Å²) in [6, 6.07) is 0. The van der Waals surface area contributed by atoms with Crippen LogP contribution in [0.1, 0.15) is 499 Å². The van der Waals surface area contributed by atoms with Gasteiger partial charge in [-0.1, -0.05) is 370 Å². The third kappa shape index (κ3) is 179. The Morgan fingerprint density at radius 3 is 0.810 bits per heavy atom. The Morgan fingerprint density at radius 1 is 0.345 bits per heavy atom. The van der Waals surface area contributed by atoms with E-state index in [0.717, 1.165) is 49.5 Å². The van der Waals surface area contributed by atoms with Crippen molar-refractivity contribution in [3.8, 4) is 0 Å². The maximum absolute atomic E-state index is 12.3. The average molecular weight is 1710 g/mol. The Hall–Kier alpha value is -1.06. The van der Waals surface area contributed by atoms with Gasteiger partial charge in [0, 0.05) is 46.0 Å². The highest BCUT2D eigenvalue weighted by Gasteiger charge is 2.58. The number of aliphatic hydroxyl groups excluding tert-OH is 1. The number of rotatable bonds is 20. The smallest absolute Gasteiger partial charge is 0.396 e. The zero-order valence-electron chi connectivity index (χ0n) is 85.5. The summed E-state index contributed by atoms with van der Waals surface area (Å²) in [6.45, 7) is 96.8. The highest BCUT2D eigenvalue weighted by molar-refractivity contribution is 4.82. The molecule has 0 aromatic heterocycles. The first kappa shape index (κ1) is 141. The van der Waals surface area contributed by atoms with Crippen molar-refractivity contribution >= 4 is 0 Å². The normalized spacial score (nSPS) is 14.1. The van der Waals surface area contributed by atoms with E-state index in [-0.39, 0.29) is 49.6 Å². The predicted molar refractivity (Wildman–Crippen MR) is 491 cm³/mol. The molecule has 116 heavy (non-hydrogen) atoms. The van der Waals surface area contributed by atoms with Crippen LogP contribution in [0.15, 0.2) is 0 Å². The molecule has 2 fully saturated rings. The first-order valence-corrected chi connectivity index (χ1v) is 44.6. The van der Waals surface area contributed by atoms with E-state index in [2.05, 4.69) is 228 Å². The van der Waals surface area contributed by atoms with Crippen LogP contribution in [-0.4, -0.2) is 63.0 Å². The van der Waals surface area contributed by atoms with Gasteiger partial charge in [-0.2, -0.15) is 48.3 Å². The van der Waals surface area contributed by atoms with Gasteiger partial charge in [0.15, 0.2) is 0 Å². The first-order valence-electron chi connectivity index (χ1n) is 44.6. The summed E-state index contributed by atoms with van der Waals surface area (Å²) in [5.74, 6) is -0.681. The van der Waals surface area contributed by atoms with Gasteiger partial charge in [-0.05, 0) is 197 Å². The molecular formula is C100H210F14O2. The molecule has 0 aromatic carbocycles. The molecular weight excluding hydrogens is 1500 g/mol. The Bertz CT molecular complexity index is 1970. The minimum absolute atomic E-state index is 0. The summed E-state index contributed by atoms with van der Waals surface area (Å²) in [4.78, 5) is 0. The molecule has 2 aliphatic carbocycles. The third-order valence-corrected chi connectivity index (χ3v) is 16.9. The molecule has 0 amide bonds. The van der Waals surface area contributed by atoms with E-state index >= 15 is 0 Å². The monoisotopic (exact) mass is 1710 g/mol. The molecule has 2 saturated carbocycles. The van der Waals surface area contributed by atoms with E-state index in [4.69, 9.17) is 9.84 Å². The molecule has 0 saturated heterocycles. The average Bonchev–Trinajstić information content (AvgIpc) is 1.24. The van der Waals surface area contributed by atoms with E-state index in [0.29, 0.717) is 74.6 Å². The lowest BCUT2D eigenvalue weighted by atomic mass is 9.78. The molecule has 2 rings (SSSR count). The lowest BCUT2D eigenvalue weighted by Crippen LogP contribution is -2.39. The number of ether oxygens (including phenoxy) is 1. The second-order valence-corrected chi connectivity index (χ2v) is 49.5. The van der Waals surface area contributed by atoms with Crippen molar-refractivity contribution in [3.63, 3.8) is 0 Å². The van der Waals surface area contributed by atoms with Gasteiger partial charge in [0.2, 0.25) is 6.43 Å². The lowest BCUT2D eigenvalue weighted by molar-refractivity contribution is -0.291. The third-order valence-electron chi connectivity index (χ3n) is 16.9. The van der Waals surface area contributed by atoms with Gasteiger partial charge in [0.25, 0.3) is 0 Å². The van der Waals surface area contributed by atoms with Crippen molar-refractivity contribution in [2.45, 2.75) is 530 Å². The van der Waals surface area contributed by atoms with Gasteiger partial charge in [0.1, 0.15) is 0 Å². The molecule has 0 atom stereocenters. The predicted octanol–water partition coefficient (Wildman–Crippen LogP) is 39.8. The van der Waals surface area contributed by atoms with E-state index in [1.165, 1.54) is 124 Å². The second kappa shape index (κ2) is 66.4. The van der Waals surface area contributed by atoms with Crippen LogP contribution < -0.4 is 0 Å². The van der Waals surface area contributed by atoms with Gasteiger partial charge in [-0.3, -0.25) is 4.39 Å². The second-order valence-electron chi connectivity index (χ2n) is 49.5. The van der Waals surface area contributed by atoms with Crippen LogP contribution >= 0.6 is 0 Å². The number of aliphatic hydroxyl groups is 1. The molecule has 0 aliphatic heterocycles. The summed E-state index contributed by atoms with van der Waals surface area (Å²) in [5.41, 5.74) is 3.30. The van der Waals surface area contributed by atoms with Crippen molar-refractivity contribution in [1.82, 2.24) is 0 Å². The summed E-state index contributed by atoms with van der Waals surface area (Å²) in [6.07, 6.45) is 9.66. The highest BCUT2D eigenvalue weighted by atomic mass is 19.4. The lowest BCUT2D eigenvalue weighted by Gasteiger charge is -2.28. The Labute approximate surface area is 718 Å². The standard InChI is InChI=1S/C10H20.C9H20.C8H15F3.C8H18O.C8H16.C8H18.C7H11F5.C7H13F3.C7H14F2.C7H15F.C7H16O.C7H16.C6H14.CH4/c1-10(2,3)8-7-9-5-4-6-9;1-8(2)6-7-9(3,4)5;1-7(2,3)5-4-6-8(9,10)11;1-8(2,3)6-5-7-9-4;1-8(2,3)6-7-4-5-7;1-7(2)6-8(3,4)5;1-5(2,3)4-6(8,9)7(10,11)12;1-6(2,3)4-5-7(8,9)10;1-7(2,3)5-4-6(8)9;2*1-7(2,3)5-4-6-8;1-5-6-7(2,3)4;1-5-6(2,3)4;/h9H,4-8H2,1-3H3;8H,6-7H2,1-5H3;4-6H2,1-3H3;5-7H2,1-4H3;7H,4-6H2,1-3H3;7H,6H2,1-5H3;4H2,1-3H3;4-5H2,1-3H3;6H,4-5H2,1-3H3;4-6H2,1-3H3;8H,4-6H2,1-3H3;5-6H2,1-4H3;5H2,1-4H3;1H4. The molecule has 1 N–H and O–H groups in total. The van der Waals surface area contributed by atoms with Gasteiger partial charge < -0.3 is 9.84 Å². The van der Waals surface area contributed by atoms with Crippen LogP contribution in [0.5, 0.6) is 0 Å². The molecule has 0 bridgehead atoms. The number of methoxy groups -OCH3 is 1. The van der Waals surface area contributed by atoms with Crippen LogP contribution in [-0.2, 0) is 4.74 Å². The van der Waals surface area contributed by atoms with Crippen molar-refractivity contribution < 1.29 is 71.3 Å². The first-order chi connectivity index (χ1) is 50.1. The fourth-order valence-corrected chi connectivity index (χ4v) is 9.90. The molecule has 0 spiro atoms. The number of hydrogen-bond acceptors (Lipinski definition) is 2. The van der Waals surface area contributed by atoms with Crippen molar-refractivity contribution in [2.75, 3.05) is 27.0 Å². The summed E-state index contributed by atoms with van der Waals surface area (Å²) < 4.78 is 169. The Kier molecular flexibility index (Phi) is 80.6. The summed E-state index contributed by atoms with van der Waals surface area (Å²) in [7, 11) is 1.75. The van der Waals surface area contributed by atoms with Crippen molar-refractivity contribution in [1.29, 1.82) is 0 Å². The van der Waals surface area contributed by atoms with Crippen molar-refractivity contribution in [3.05, 3.63) is 0 Å². The van der Waals surface area contributed by atoms with Gasteiger partial charge in [-0.15, -0.1) is 0 Å². The largest absolute Gasteiger partial charge is 0.453 e. The minimum Gasteiger partial charge on any atom is -0.396 e. The van der Waals surface area contributed by atoms with E-state index in [1.807, 2.05) is 41.5 Å².